The van der Waals surface area contributed by atoms with Crippen molar-refractivity contribution in [1.29, 1.82) is 0 Å². The Morgan fingerprint density at radius 1 is 1.00 bits per heavy atom. The van der Waals surface area contributed by atoms with E-state index < -0.39 is 5.97 Å². The van der Waals surface area contributed by atoms with Crippen molar-refractivity contribution in [3.8, 4) is 0 Å². The van der Waals surface area contributed by atoms with Gasteiger partial charge in [-0.05, 0) is 49.8 Å². The highest BCUT2D eigenvalue weighted by atomic mass is 32.1. The SMILES string of the molecule is Cc1ccc(N)c(C(=O)O)c1.OCCCCCCCCCCc1cccs1. The molecule has 1 aromatic carbocycles. The summed E-state index contributed by atoms with van der Waals surface area (Å²) in [4.78, 5) is 12.0. The predicted octanol–water partition coefficient (Wildman–Crippen LogP) is 5.68. The van der Waals surface area contributed by atoms with E-state index in [1.807, 2.05) is 18.3 Å². The predicted molar refractivity (Wildman–Crippen MR) is 115 cm³/mol. The van der Waals surface area contributed by atoms with Crippen LogP contribution >= 0.6 is 11.3 Å². The van der Waals surface area contributed by atoms with Crippen molar-refractivity contribution in [2.24, 2.45) is 0 Å². The summed E-state index contributed by atoms with van der Waals surface area (Å²) in [6.45, 7) is 2.19. The lowest BCUT2D eigenvalue weighted by molar-refractivity contribution is 0.0698. The van der Waals surface area contributed by atoms with Gasteiger partial charge in [0.25, 0.3) is 0 Å². The van der Waals surface area contributed by atoms with Crippen molar-refractivity contribution in [3.63, 3.8) is 0 Å². The molecule has 0 amide bonds. The zero-order chi connectivity index (χ0) is 19.9. The van der Waals surface area contributed by atoms with Gasteiger partial charge >= 0.3 is 5.97 Å². The maximum absolute atomic E-state index is 10.5. The molecule has 0 unspecified atom stereocenters. The molecule has 1 aromatic heterocycles. The molecule has 27 heavy (non-hydrogen) atoms. The second-order valence-corrected chi connectivity index (χ2v) is 7.81. The molecule has 0 aliphatic heterocycles. The minimum atomic E-state index is -0.980. The summed E-state index contributed by atoms with van der Waals surface area (Å²) in [6.07, 6.45) is 11.6. The van der Waals surface area contributed by atoms with Crippen LogP contribution in [0.25, 0.3) is 0 Å². The molecule has 0 atom stereocenters. The molecule has 2 aromatic rings. The van der Waals surface area contributed by atoms with E-state index in [1.165, 1.54) is 56.2 Å². The van der Waals surface area contributed by atoms with E-state index in [2.05, 4.69) is 17.5 Å². The fraction of sp³-hybridized carbons (Fsp3) is 0.500. The number of hydrogen-bond acceptors (Lipinski definition) is 4. The van der Waals surface area contributed by atoms with Gasteiger partial charge in [0.2, 0.25) is 0 Å². The number of unbranched alkanes of at least 4 members (excludes halogenated alkanes) is 7. The Bertz CT molecular complexity index is 641. The molecule has 1 heterocycles. The molecule has 0 bridgehead atoms. The van der Waals surface area contributed by atoms with Crippen molar-refractivity contribution < 1.29 is 15.0 Å². The van der Waals surface area contributed by atoms with E-state index in [0.29, 0.717) is 12.3 Å². The Morgan fingerprint density at radius 3 is 2.15 bits per heavy atom. The van der Waals surface area contributed by atoms with E-state index >= 15 is 0 Å². The second-order valence-electron chi connectivity index (χ2n) is 6.78. The van der Waals surface area contributed by atoms with Gasteiger partial charge < -0.3 is 15.9 Å². The monoisotopic (exact) mass is 391 g/mol. The third-order valence-corrected chi connectivity index (χ3v) is 5.29. The number of aromatic carboxylic acids is 1. The molecule has 0 aliphatic rings. The number of hydrogen-bond donors (Lipinski definition) is 3. The molecule has 2 rings (SSSR count). The summed E-state index contributed by atoms with van der Waals surface area (Å²) in [6, 6.07) is 9.30. The van der Waals surface area contributed by atoms with E-state index in [1.54, 1.807) is 18.2 Å². The molecule has 0 radical (unpaired) electrons. The lowest BCUT2D eigenvalue weighted by Crippen LogP contribution is -2.02. The highest BCUT2D eigenvalue weighted by Crippen LogP contribution is 2.15. The molecule has 150 valence electrons. The second kappa shape index (κ2) is 14.2. The van der Waals surface area contributed by atoms with Gasteiger partial charge in [0.15, 0.2) is 0 Å². The number of thiophene rings is 1. The smallest absolute Gasteiger partial charge is 0.337 e. The number of aryl methyl sites for hydroxylation is 2. The van der Waals surface area contributed by atoms with Crippen LogP contribution in [0, 0.1) is 6.92 Å². The largest absolute Gasteiger partial charge is 0.478 e. The van der Waals surface area contributed by atoms with Crippen molar-refractivity contribution in [2.75, 3.05) is 12.3 Å². The Morgan fingerprint density at radius 2 is 1.63 bits per heavy atom. The van der Waals surface area contributed by atoms with Gasteiger partial charge in [0.05, 0.1) is 5.56 Å². The van der Waals surface area contributed by atoms with Crippen molar-refractivity contribution >= 4 is 23.0 Å². The van der Waals surface area contributed by atoms with Crippen LogP contribution in [0.4, 0.5) is 5.69 Å². The minimum absolute atomic E-state index is 0.171. The Labute approximate surface area is 167 Å². The molecule has 0 aliphatic carbocycles. The minimum Gasteiger partial charge on any atom is -0.478 e. The number of nitrogen functional groups attached to an aromatic ring is 1. The van der Waals surface area contributed by atoms with Gasteiger partial charge in [-0.3, -0.25) is 0 Å². The summed E-state index contributed by atoms with van der Waals surface area (Å²) < 4.78 is 0. The number of anilines is 1. The van der Waals surface area contributed by atoms with Crippen LogP contribution < -0.4 is 5.73 Å². The molecular formula is C22H33NO3S. The third kappa shape index (κ3) is 10.8. The van der Waals surface area contributed by atoms with Gasteiger partial charge in [-0.2, -0.15) is 0 Å². The number of nitrogens with two attached hydrogens (primary N) is 1. The normalized spacial score (nSPS) is 10.3. The van der Waals surface area contributed by atoms with Crippen LogP contribution in [-0.4, -0.2) is 22.8 Å². The first-order chi connectivity index (χ1) is 13.0. The van der Waals surface area contributed by atoms with E-state index in [4.69, 9.17) is 15.9 Å². The molecule has 5 heteroatoms. The quantitative estimate of drug-likeness (QED) is 0.340. The molecule has 0 fully saturated rings. The maximum atomic E-state index is 10.5. The summed E-state index contributed by atoms with van der Waals surface area (Å²) in [5.74, 6) is -0.980. The van der Waals surface area contributed by atoms with Crippen LogP contribution in [0.3, 0.4) is 0 Å². The lowest BCUT2D eigenvalue weighted by Gasteiger charge is -2.01. The molecule has 0 saturated carbocycles. The molecule has 4 nitrogen and oxygen atoms in total. The third-order valence-electron chi connectivity index (χ3n) is 4.35. The van der Waals surface area contributed by atoms with Crippen LogP contribution in [0.15, 0.2) is 35.7 Å². The Hall–Kier alpha value is -1.85. The summed E-state index contributed by atoms with van der Waals surface area (Å²) in [5, 5.41) is 19.4. The summed E-state index contributed by atoms with van der Waals surface area (Å²) in [7, 11) is 0. The van der Waals surface area contributed by atoms with Crippen molar-refractivity contribution in [3.05, 3.63) is 51.7 Å². The Balaban J connectivity index is 0.000000289. The van der Waals surface area contributed by atoms with Crippen LogP contribution in [0.1, 0.15) is 72.2 Å². The van der Waals surface area contributed by atoms with E-state index in [-0.39, 0.29) is 5.56 Å². The molecule has 4 N–H and O–H groups in total. The fourth-order valence-electron chi connectivity index (χ4n) is 2.78. The highest BCUT2D eigenvalue weighted by molar-refractivity contribution is 7.09. The average molecular weight is 392 g/mol. The van der Waals surface area contributed by atoms with Gasteiger partial charge in [0.1, 0.15) is 0 Å². The van der Waals surface area contributed by atoms with Gasteiger partial charge in [-0.25, -0.2) is 4.79 Å². The standard InChI is InChI=1S/C14H24OS.C8H9NO2/c15-12-8-6-4-2-1-3-5-7-10-14-11-9-13-16-14;1-5-2-3-7(9)6(4-5)8(10)11/h9,11,13,15H,1-8,10,12H2;2-4H,9H2,1H3,(H,10,11). The average Bonchev–Trinajstić information content (AvgIpc) is 3.16. The van der Waals surface area contributed by atoms with Crippen LogP contribution in [0.5, 0.6) is 0 Å². The number of aliphatic hydroxyl groups excluding tert-OH is 1. The van der Waals surface area contributed by atoms with Gasteiger partial charge in [-0.1, -0.05) is 56.2 Å². The van der Waals surface area contributed by atoms with Crippen molar-refractivity contribution in [2.45, 2.75) is 64.7 Å². The lowest BCUT2D eigenvalue weighted by atomic mass is 10.1. The van der Waals surface area contributed by atoms with E-state index in [0.717, 1.165) is 12.0 Å². The maximum Gasteiger partial charge on any atom is 0.337 e. The van der Waals surface area contributed by atoms with Gasteiger partial charge in [0, 0.05) is 17.2 Å². The summed E-state index contributed by atoms with van der Waals surface area (Å²) in [5.41, 5.74) is 6.79. The number of benzene rings is 1. The highest BCUT2D eigenvalue weighted by Gasteiger charge is 2.06. The number of carbonyl (C=O) groups is 1. The topological polar surface area (TPSA) is 83.6 Å². The number of aliphatic hydroxyl groups is 1. The number of carboxylic acids is 1. The zero-order valence-electron chi connectivity index (χ0n) is 16.3. The fourth-order valence-corrected chi connectivity index (χ4v) is 3.53. The zero-order valence-corrected chi connectivity index (χ0v) is 17.1. The van der Waals surface area contributed by atoms with E-state index in [9.17, 15) is 4.79 Å². The first-order valence-corrected chi connectivity index (χ1v) is 10.6. The molecule has 0 spiro atoms. The number of carboxylic acid groups (broad SMARTS) is 1. The first kappa shape index (κ1) is 23.2. The molecular weight excluding hydrogens is 358 g/mol. The summed E-state index contributed by atoms with van der Waals surface area (Å²) >= 11 is 1.88. The first-order valence-electron chi connectivity index (χ1n) is 9.77. The van der Waals surface area contributed by atoms with Crippen LogP contribution in [0.2, 0.25) is 0 Å². The Kier molecular flexibility index (Phi) is 12.2. The van der Waals surface area contributed by atoms with Crippen molar-refractivity contribution in [1.82, 2.24) is 0 Å². The van der Waals surface area contributed by atoms with Gasteiger partial charge in [-0.15, -0.1) is 11.3 Å². The van der Waals surface area contributed by atoms with Crippen LogP contribution in [-0.2, 0) is 6.42 Å². The number of rotatable bonds is 11. The molecule has 0 saturated heterocycles.